The second kappa shape index (κ2) is 5.55. The van der Waals surface area contributed by atoms with Crippen LogP contribution in [0.1, 0.15) is 19.8 Å². The van der Waals surface area contributed by atoms with Crippen molar-refractivity contribution in [1.29, 1.82) is 0 Å². The molecule has 1 aliphatic heterocycles. The Bertz CT molecular complexity index is 249. The minimum atomic E-state index is -0.351. The molecule has 0 aromatic heterocycles. The zero-order valence-electron chi connectivity index (χ0n) is 8.85. The van der Waals surface area contributed by atoms with Crippen LogP contribution in [0.5, 0.6) is 0 Å². The molecule has 0 aromatic carbocycles. The minimum Gasteiger partial charge on any atom is -0.409 e. The molecule has 1 amide bonds. The maximum Gasteiger partial charge on any atom is 0.252 e. The maximum absolute atomic E-state index is 11.8. The Morgan fingerprint density at radius 3 is 2.93 bits per heavy atom. The van der Waals surface area contributed by atoms with Gasteiger partial charge in [-0.25, -0.2) is 0 Å². The number of hydrogen-bond donors (Lipinski definition) is 2. The fourth-order valence-corrected chi connectivity index (χ4v) is 1.55. The van der Waals surface area contributed by atoms with Gasteiger partial charge in [-0.05, 0) is 19.8 Å². The van der Waals surface area contributed by atoms with E-state index in [1.165, 1.54) is 4.90 Å². The van der Waals surface area contributed by atoms with Gasteiger partial charge in [-0.2, -0.15) is 0 Å². The highest BCUT2D eigenvalue weighted by atomic mass is 16.5. The van der Waals surface area contributed by atoms with Crippen LogP contribution in [0.3, 0.4) is 0 Å². The summed E-state index contributed by atoms with van der Waals surface area (Å²) >= 11 is 0. The smallest absolute Gasteiger partial charge is 0.252 e. The number of likely N-dealkylation sites (N-methyl/N-ethyl adjacent to an activating group) is 1. The van der Waals surface area contributed by atoms with Crippen molar-refractivity contribution in [1.82, 2.24) is 4.90 Å². The second-order valence-corrected chi connectivity index (χ2v) is 3.45. The lowest BCUT2D eigenvalue weighted by atomic mass is 10.2. The van der Waals surface area contributed by atoms with Crippen LogP contribution >= 0.6 is 0 Å². The number of nitrogens with two attached hydrogens (primary N) is 1. The number of ether oxygens (including phenoxy) is 1. The summed E-state index contributed by atoms with van der Waals surface area (Å²) in [5.74, 6) is -0.0511. The molecule has 1 heterocycles. The summed E-state index contributed by atoms with van der Waals surface area (Å²) in [5.41, 5.74) is 5.35. The van der Waals surface area contributed by atoms with Crippen LogP contribution in [0.2, 0.25) is 0 Å². The summed E-state index contributed by atoms with van der Waals surface area (Å²) in [6.45, 7) is 3.15. The average Bonchev–Trinajstić information content (AvgIpc) is 2.77. The van der Waals surface area contributed by atoms with Crippen LogP contribution in [0.4, 0.5) is 0 Å². The quantitative estimate of drug-likeness (QED) is 0.293. The Hall–Kier alpha value is -1.30. The van der Waals surface area contributed by atoms with Gasteiger partial charge in [0.15, 0.2) is 5.84 Å². The van der Waals surface area contributed by atoms with Gasteiger partial charge in [-0.1, -0.05) is 5.16 Å². The first kappa shape index (κ1) is 11.8. The van der Waals surface area contributed by atoms with Crippen molar-refractivity contribution >= 4 is 11.7 Å². The lowest BCUT2D eigenvalue weighted by Gasteiger charge is -2.22. The SMILES string of the molecule is CCN(CC(N)=NO)C(=O)C1CCCO1. The molecule has 15 heavy (non-hydrogen) atoms. The molecule has 0 radical (unpaired) electrons. The second-order valence-electron chi connectivity index (χ2n) is 3.45. The topological polar surface area (TPSA) is 88.1 Å². The molecule has 1 saturated heterocycles. The number of oxime groups is 1. The molecular weight excluding hydrogens is 198 g/mol. The van der Waals surface area contributed by atoms with Gasteiger partial charge in [0.1, 0.15) is 6.10 Å². The van der Waals surface area contributed by atoms with E-state index >= 15 is 0 Å². The van der Waals surface area contributed by atoms with E-state index in [0.29, 0.717) is 13.2 Å². The van der Waals surface area contributed by atoms with Gasteiger partial charge in [0.05, 0.1) is 6.54 Å². The summed E-state index contributed by atoms with van der Waals surface area (Å²) in [6, 6.07) is 0. The Labute approximate surface area is 88.7 Å². The van der Waals surface area contributed by atoms with Crippen LogP contribution < -0.4 is 5.73 Å². The average molecular weight is 215 g/mol. The van der Waals surface area contributed by atoms with Crippen LogP contribution in [-0.2, 0) is 9.53 Å². The van der Waals surface area contributed by atoms with E-state index < -0.39 is 0 Å². The molecule has 1 rings (SSSR count). The van der Waals surface area contributed by atoms with Crippen LogP contribution in [0.25, 0.3) is 0 Å². The molecule has 0 saturated carbocycles. The first-order valence-electron chi connectivity index (χ1n) is 5.05. The van der Waals surface area contributed by atoms with Gasteiger partial charge < -0.3 is 20.6 Å². The van der Waals surface area contributed by atoms with E-state index in [2.05, 4.69) is 5.16 Å². The normalized spacial score (nSPS) is 21.7. The Kier molecular flexibility index (Phi) is 4.36. The van der Waals surface area contributed by atoms with Crippen LogP contribution in [0, 0.1) is 0 Å². The minimum absolute atomic E-state index is 0.0307. The van der Waals surface area contributed by atoms with E-state index in [1.807, 2.05) is 6.92 Å². The van der Waals surface area contributed by atoms with Crippen LogP contribution in [0.15, 0.2) is 5.16 Å². The molecule has 0 aliphatic carbocycles. The molecule has 1 atom stereocenters. The number of rotatable bonds is 4. The molecule has 1 fully saturated rings. The van der Waals surface area contributed by atoms with Gasteiger partial charge >= 0.3 is 0 Å². The van der Waals surface area contributed by atoms with Crippen molar-refractivity contribution < 1.29 is 14.7 Å². The Morgan fingerprint density at radius 1 is 1.73 bits per heavy atom. The molecule has 0 aromatic rings. The Balaban J connectivity index is 2.53. The lowest BCUT2D eigenvalue weighted by Crippen LogP contribution is -2.43. The summed E-state index contributed by atoms with van der Waals surface area (Å²) in [7, 11) is 0. The summed E-state index contributed by atoms with van der Waals surface area (Å²) < 4.78 is 5.28. The monoisotopic (exact) mass is 215 g/mol. The fourth-order valence-electron chi connectivity index (χ4n) is 1.55. The van der Waals surface area contributed by atoms with Gasteiger partial charge in [-0.15, -0.1) is 0 Å². The molecule has 6 heteroatoms. The number of amides is 1. The molecule has 1 aliphatic rings. The highest BCUT2D eigenvalue weighted by Crippen LogP contribution is 2.14. The third-order valence-electron chi connectivity index (χ3n) is 2.38. The van der Waals surface area contributed by atoms with Gasteiger partial charge in [0.2, 0.25) is 0 Å². The maximum atomic E-state index is 11.8. The fraction of sp³-hybridized carbons (Fsp3) is 0.778. The number of nitrogens with zero attached hydrogens (tertiary/aromatic N) is 2. The highest BCUT2D eigenvalue weighted by Gasteiger charge is 2.27. The number of carbonyl (C=O) groups excluding carboxylic acids is 1. The van der Waals surface area contributed by atoms with Crippen LogP contribution in [-0.4, -0.2) is 47.7 Å². The number of amidine groups is 1. The summed E-state index contributed by atoms with van der Waals surface area (Å²) in [5, 5.41) is 11.3. The molecule has 0 bridgehead atoms. The van der Waals surface area contributed by atoms with E-state index in [4.69, 9.17) is 15.7 Å². The van der Waals surface area contributed by atoms with Gasteiger partial charge in [0.25, 0.3) is 5.91 Å². The number of carbonyl (C=O) groups is 1. The molecule has 3 N–H and O–H groups in total. The standard InChI is InChI=1S/C9H17N3O3/c1-2-12(6-8(10)11-14)9(13)7-4-3-5-15-7/h7,14H,2-6H2,1H3,(H2,10,11). The third-order valence-corrected chi connectivity index (χ3v) is 2.38. The lowest BCUT2D eigenvalue weighted by molar-refractivity contribution is -0.139. The molecule has 86 valence electrons. The number of hydrogen-bond acceptors (Lipinski definition) is 4. The summed E-state index contributed by atoms with van der Waals surface area (Å²) in [4.78, 5) is 13.4. The first-order valence-corrected chi connectivity index (χ1v) is 5.05. The van der Waals surface area contributed by atoms with Crippen molar-refractivity contribution in [3.05, 3.63) is 0 Å². The summed E-state index contributed by atoms with van der Waals surface area (Å²) in [6.07, 6.45) is 1.32. The van der Waals surface area contributed by atoms with Crippen molar-refractivity contribution in [2.45, 2.75) is 25.9 Å². The van der Waals surface area contributed by atoms with Gasteiger partial charge in [0, 0.05) is 13.2 Å². The van der Waals surface area contributed by atoms with Gasteiger partial charge in [-0.3, -0.25) is 4.79 Å². The van der Waals surface area contributed by atoms with E-state index in [0.717, 1.165) is 12.8 Å². The molecule has 0 spiro atoms. The van der Waals surface area contributed by atoms with Crippen molar-refractivity contribution in [3.63, 3.8) is 0 Å². The predicted molar refractivity (Wildman–Crippen MR) is 54.6 cm³/mol. The predicted octanol–water partition coefficient (Wildman–Crippen LogP) is -0.240. The van der Waals surface area contributed by atoms with Crippen molar-refractivity contribution in [2.75, 3.05) is 19.7 Å². The van der Waals surface area contributed by atoms with E-state index in [1.54, 1.807) is 0 Å². The van der Waals surface area contributed by atoms with Crippen molar-refractivity contribution in [3.8, 4) is 0 Å². The first-order chi connectivity index (χ1) is 7.19. The van der Waals surface area contributed by atoms with E-state index in [9.17, 15) is 4.79 Å². The largest absolute Gasteiger partial charge is 0.409 e. The highest BCUT2D eigenvalue weighted by molar-refractivity contribution is 5.88. The zero-order valence-corrected chi connectivity index (χ0v) is 8.85. The molecule has 1 unspecified atom stereocenters. The Morgan fingerprint density at radius 2 is 2.47 bits per heavy atom. The zero-order chi connectivity index (χ0) is 11.3. The molecule has 6 nitrogen and oxygen atoms in total. The molecular formula is C9H17N3O3. The third kappa shape index (κ3) is 3.09. The van der Waals surface area contributed by atoms with E-state index in [-0.39, 0.29) is 24.4 Å². The van der Waals surface area contributed by atoms with Crippen molar-refractivity contribution in [2.24, 2.45) is 10.9 Å².